The van der Waals surface area contributed by atoms with Crippen molar-refractivity contribution < 1.29 is 0 Å². The maximum Gasteiger partial charge on any atom is 0.281 e. The fourth-order valence-electron chi connectivity index (χ4n) is 7.60. The van der Waals surface area contributed by atoms with E-state index in [1.807, 2.05) is 30.3 Å². The summed E-state index contributed by atoms with van der Waals surface area (Å²) in [5.74, 6) is 0. The van der Waals surface area contributed by atoms with Gasteiger partial charge in [-0.1, -0.05) is 127 Å². The summed E-state index contributed by atoms with van der Waals surface area (Å²) in [6.07, 6.45) is 0. The van der Waals surface area contributed by atoms with Crippen molar-refractivity contribution >= 4 is 70.5 Å². The van der Waals surface area contributed by atoms with Crippen molar-refractivity contribution in [2.45, 2.75) is 0 Å². The van der Waals surface area contributed by atoms with Crippen molar-refractivity contribution in [3.05, 3.63) is 168 Å². The Hall–Kier alpha value is -6.32. The van der Waals surface area contributed by atoms with Gasteiger partial charge >= 0.3 is 0 Å². The first-order chi connectivity index (χ1) is 23.2. The molecule has 0 aliphatic rings. The number of aromatic nitrogens is 2. The van der Waals surface area contributed by atoms with Gasteiger partial charge in [-0.05, 0) is 90.3 Å². The van der Waals surface area contributed by atoms with Crippen LogP contribution in [0.1, 0.15) is 0 Å². The zero-order valence-corrected chi connectivity index (χ0v) is 25.3. The minimum atomic E-state index is -0.216. The molecule has 3 nitrogen and oxygen atoms in total. The molecule has 0 aliphatic heterocycles. The third-order valence-corrected chi connectivity index (χ3v) is 9.76. The van der Waals surface area contributed by atoms with Crippen LogP contribution in [0.15, 0.2) is 163 Å². The molecule has 0 aliphatic carbocycles. The molecule has 0 spiro atoms. The van der Waals surface area contributed by atoms with Gasteiger partial charge in [0.1, 0.15) is 5.65 Å². The van der Waals surface area contributed by atoms with Crippen LogP contribution in [-0.2, 0) is 0 Å². The number of fused-ring (bicyclic) bond motifs is 14. The molecule has 0 unspecified atom stereocenters. The van der Waals surface area contributed by atoms with E-state index in [0.717, 1.165) is 49.4 Å². The van der Waals surface area contributed by atoms with Gasteiger partial charge in [-0.15, -0.1) is 0 Å². The van der Waals surface area contributed by atoms with Crippen LogP contribution in [0.5, 0.6) is 0 Å². The molecule has 2 aromatic heterocycles. The van der Waals surface area contributed by atoms with Gasteiger partial charge in [-0.3, -0.25) is 9.20 Å². The van der Waals surface area contributed by atoms with Gasteiger partial charge in [0.2, 0.25) is 0 Å². The summed E-state index contributed by atoms with van der Waals surface area (Å²) in [7, 11) is 0. The first kappa shape index (κ1) is 26.0. The van der Waals surface area contributed by atoms with E-state index in [1.165, 1.54) is 32.3 Å². The van der Waals surface area contributed by atoms with Crippen LogP contribution in [-0.4, -0.2) is 9.38 Å². The Bertz CT molecular complexity index is 2960. The quantitative estimate of drug-likeness (QED) is 0.186. The highest BCUT2D eigenvalue weighted by atomic mass is 16.1. The zero-order chi connectivity index (χ0) is 31.1. The molecule has 3 heteroatoms. The second-order valence-electron chi connectivity index (χ2n) is 12.3. The number of nitrogens with zero attached hydrogens (tertiary/aromatic N) is 2. The van der Waals surface area contributed by atoms with E-state index in [-0.39, 0.29) is 5.56 Å². The van der Waals surface area contributed by atoms with E-state index in [2.05, 4.69) is 137 Å². The third-order valence-electron chi connectivity index (χ3n) is 9.76. The fraction of sp³-hybridized carbons (Fsp3) is 0. The van der Waals surface area contributed by atoms with E-state index in [9.17, 15) is 4.79 Å². The van der Waals surface area contributed by atoms with Gasteiger partial charge in [-0.25, -0.2) is 0 Å². The summed E-state index contributed by atoms with van der Waals surface area (Å²) in [5, 5.41) is 11.4. The Morgan fingerprint density at radius 1 is 0.340 bits per heavy atom. The van der Waals surface area contributed by atoms with E-state index in [4.69, 9.17) is 0 Å². The van der Waals surface area contributed by atoms with Crippen LogP contribution in [0.4, 0.5) is 0 Å². The average molecular weight is 599 g/mol. The van der Waals surface area contributed by atoms with Crippen LogP contribution in [0.25, 0.3) is 92.8 Å². The number of hydrogen-bond acceptors (Lipinski definition) is 2. The normalized spacial score (nSPS) is 11.9. The lowest BCUT2D eigenvalue weighted by molar-refractivity contribution is 1.19. The molecular formula is C44H26N2O. The molecule has 0 saturated carbocycles. The first-order valence-electron chi connectivity index (χ1n) is 15.9. The molecule has 0 saturated heterocycles. The van der Waals surface area contributed by atoms with Crippen molar-refractivity contribution in [1.82, 2.24) is 9.38 Å². The van der Waals surface area contributed by atoms with Gasteiger partial charge in [-0.2, -0.15) is 4.98 Å². The smallest absolute Gasteiger partial charge is 0.281 e. The molecule has 10 aromatic rings. The number of rotatable bonds is 2. The van der Waals surface area contributed by atoms with Crippen LogP contribution in [0.2, 0.25) is 0 Å². The summed E-state index contributed by atoms with van der Waals surface area (Å²) in [6, 6.07) is 55.5. The first-order valence-corrected chi connectivity index (χ1v) is 15.9. The Morgan fingerprint density at radius 3 is 1.45 bits per heavy atom. The van der Waals surface area contributed by atoms with Gasteiger partial charge in [0.15, 0.2) is 0 Å². The van der Waals surface area contributed by atoms with Crippen molar-refractivity contribution in [3.63, 3.8) is 0 Å². The maximum absolute atomic E-state index is 13.6. The summed E-state index contributed by atoms with van der Waals surface area (Å²) in [6.45, 7) is 0. The highest BCUT2D eigenvalue weighted by Gasteiger charge is 2.15. The van der Waals surface area contributed by atoms with Crippen molar-refractivity contribution in [3.8, 4) is 22.3 Å². The lowest BCUT2D eigenvalue weighted by Gasteiger charge is -2.14. The SMILES string of the molecule is O=c1nc2c3ccccc3c3ccccc3n2c2ccc(-c3cccc(-c4ccc5c6ccccc6c6ccccc6c5c4)c3)cc12. The monoisotopic (exact) mass is 598 g/mol. The molecule has 218 valence electrons. The number of benzene rings is 8. The minimum absolute atomic E-state index is 0.216. The summed E-state index contributed by atoms with van der Waals surface area (Å²) in [5.41, 5.74) is 6.69. The largest absolute Gasteiger partial charge is 0.293 e. The summed E-state index contributed by atoms with van der Waals surface area (Å²) < 4.78 is 2.14. The Balaban J connectivity index is 1.16. The number of pyridine rings is 1. The molecule has 47 heavy (non-hydrogen) atoms. The van der Waals surface area contributed by atoms with E-state index in [1.54, 1.807) is 0 Å². The highest BCUT2D eigenvalue weighted by Crippen LogP contribution is 2.38. The molecule has 0 fully saturated rings. The van der Waals surface area contributed by atoms with Gasteiger partial charge < -0.3 is 0 Å². The summed E-state index contributed by atoms with van der Waals surface area (Å²) in [4.78, 5) is 18.3. The molecule has 0 N–H and O–H groups in total. The predicted molar refractivity (Wildman–Crippen MR) is 197 cm³/mol. The Morgan fingerprint density at radius 2 is 0.787 bits per heavy atom. The molecule has 8 aromatic carbocycles. The molecule has 0 atom stereocenters. The topological polar surface area (TPSA) is 34.4 Å². The average Bonchev–Trinajstić information content (AvgIpc) is 3.15. The predicted octanol–water partition coefficient (Wildman–Crippen LogP) is 10.9. The van der Waals surface area contributed by atoms with Crippen molar-refractivity contribution in [2.24, 2.45) is 0 Å². The maximum atomic E-state index is 13.6. The molecule has 0 bridgehead atoms. The zero-order valence-electron chi connectivity index (χ0n) is 25.3. The lowest BCUT2D eigenvalue weighted by Crippen LogP contribution is -2.11. The third kappa shape index (κ3) is 3.81. The van der Waals surface area contributed by atoms with Crippen LogP contribution < -0.4 is 5.56 Å². The molecule has 2 heterocycles. The van der Waals surface area contributed by atoms with Gasteiger partial charge in [0.05, 0.1) is 16.4 Å². The molecule has 0 radical (unpaired) electrons. The number of hydrogen-bond donors (Lipinski definition) is 0. The second-order valence-corrected chi connectivity index (χ2v) is 12.3. The fourth-order valence-corrected chi connectivity index (χ4v) is 7.60. The molecular weight excluding hydrogens is 572 g/mol. The van der Waals surface area contributed by atoms with Crippen LogP contribution in [0.3, 0.4) is 0 Å². The minimum Gasteiger partial charge on any atom is -0.293 e. The van der Waals surface area contributed by atoms with Gasteiger partial charge in [0, 0.05) is 10.8 Å². The standard InChI is InChI=1S/C44H26N2O/c47-44-40-26-30(21-23-42(40)46-41-19-8-7-17-37(41)35-16-5-6-18-38(35)43(46)45-44)28-11-9-10-27(24-28)29-20-22-36-33-14-2-1-12-31(33)32-13-3-4-15-34(32)39(36)25-29/h1-26H. The van der Waals surface area contributed by atoms with E-state index < -0.39 is 0 Å². The van der Waals surface area contributed by atoms with Crippen LogP contribution >= 0.6 is 0 Å². The second kappa shape index (κ2) is 9.84. The van der Waals surface area contributed by atoms with Gasteiger partial charge in [0.25, 0.3) is 5.56 Å². The van der Waals surface area contributed by atoms with E-state index in [0.29, 0.717) is 11.0 Å². The van der Waals surface area contributed by atoms with Crippen molar-refractivity contribution in [2.75, 3.05) is 0 Å². The van der Waals surface area contributed by atoms with E-state index >= 15 is 0 Å². The Labute approximate surface area is 269 Å². The highest BCUT2D eigenvalue weighted by molar-refractivity contribution is 6.25. The lowest BCUT2D eigenvalue weighted by atomic mass is 9.91. The number of para-hydroxylation sites is 1. The Kier molecular flexibility index (Phi) is 5.43. The molecule has 0 amide bonds. The molecule has 10 rings (SSSR count). The van der Waals surface area contributed by atoms with Crippen molar-refractivity contribution in [1.29, 1.82) is 0 Å². The van der Waals surface area contributed by atoms with Crippen LogP contribution in [0, 0.1) is 0 Å². The summed E-state index contributed by atoms with van der Waals surface area (Å²) >= 11 is 0.